The van der Waals surface area contributed by atoms with Crippen molar-refractivity contribution < 1.29 is 14.6 Å². The minimum atomic E-state index is -0.897. The SMILES string of the molecule is COc1ccc(CN(CC(=O)O)c2ccccc2N)cc1. The number of carboxylic acids is 1. The first kappa shape index (κ1) is 14.7. The molecule has 0 aliphatic carbocycles. The molecule has 2 rings (SSSR count). The molecule has 2 aromatic carbocycles. The van der Waals surface area contributed by atoms with Crippen molar-refractivity contribution in [3.05, 3.63) is 54.1 Å². The van der Waals surface area contributed by atoms with Crippen LogP contribution in [-0.2, 0) is 11.3 Å². The number of para-hydroxylation sites is 2. The standard InChI is InChI=1S/C16H18N2O3/c1-21-13-8-6-12(7-9-13)10-18(11-16(19)20)15-5-3-2-4-14(15)17/h2-9H,10-11,17H2,1H3,(H,19,20). The molecule has 0 saturated carbocycles. The van der Waals surface area contributed by atoms with Crippen LogP contribution in [0.2, 0.25) is 0 Å². The van der Waals surface area contributed by atoms with Gasteiger partial charge < -0.3 is 20.5 Å². The van der Waals surface area contributed by atoms with E-state index < -0.39 is 5.97 Å². The van der Waals surface area contributed by atoms with Crippen LogP contribution in [0.5, 0.6) is 5.75 Å². The van der Waals surface area contributed by atoms with E-state index in [1.165, 1.54) is 0 Å². The van der Waals surface area contributed by atoms with E-state index in [4.69, 9.17) is 15.6 Å². The number of aliphatic carboxylic acids is 1. The Labute approximate surface area is 123 Å². The van der Waals surface area contributed by atoms with E-state index in [-0.39, 0.29) is 6.54 Å². The average molecular weight is 286 g/mol. The number of hydrogen-bond donors (Lipinski definition) is 2. The number of nitrogen functional groups attached to an aromatic ring is 1. The summed E-state index contributed by atoms with van der Waals surface area (Å²) in [6.07, 6.45) is 0. The summed E-state index contributed by atoms with van der Waals surface area (Å²) in [7, 11) is 1.61. The number of nitrogens with zero attached hydrogens (tertiary/aromatic N) is 1. The monoisotopic (exact) mass is 286 g/mol. The first-order valence-corrected chi connectivity index (χ1v) is 6.54. The maximum Gasteiger partial charge on any atom is 0.323 e. The fourth-order valence-corrected chi connectivity index (χ4v) is 2.12. The molecule has 21 heavy (non-hydrogen) atoms. The number of carboxylic acid groups (broad SMARTS) is 1. The van der Waals surface area contributed by atoms with E-state index in [1.54, 1.807) is 18.1 Å². The summed E-state index contributed by atoms with van der Waals surface area (Å²) < 4.78 is 5.11. The largest absolute Gasteiger partial charge is 0.497 e. The van der Waals surface area contributed by atoms with Crippen LogP contribution in [0, 0.1) is 0 Å². The Kier molecular flexibility index (Phi) is 4.66. The Morgan fingerprint density at radius 2 is 1.86 bits per heavy atom. The van der Waals surface area contributed by atoms with Gasteiger partial charge in [-0.3, -0.25) is 4.79 Å². The molecular weight excluding hydrogens is 268 g/mol. The molecule has 0 spiro atoms. The average Bonchev–Trinajstić information content (AvgIpc) is 2.47. The van der Waals surface area contributed by atoms with Crippen LogP contribution in [0.4, 0.5) is 11.4 Å². The van der Waals surface area contributed by atoms with Gasteiger partial charge in [-0.25, -0.2) is 0 Å². The second kappa shape index (κ2) is 6.65. The molecule has 0 radical (unpaired) electrons. The second-order valence-corrected chi connectivity index (χ2v) is 4.66. The first-order chi connectivity index (χ1) is 10.1. The number of ether oxygens (including phenoxy) is 1. The molecule has 3 N–H and O–H groups in total. The summed E-state index contributed by atoms with van der Waals surface area (Å²) in [6, 6.07) is 14.8. The molecule has 0 unspecified atom stereocenters. The number of methoxy groups -OCH3 is 1. The van der Waals surface area contributed by atoms with Crippen molar-refractivity contribution in [3.8, 4) is 5.75 Å². The van der Waals surface area contributed by atoms with Crippen molar-refractivity contribution in [1.82, 2.24) is 0 Å². The molecular formula is C16H18N2O3. The topological polar surface area (TPSA) is 75.8 Å². The summed E-state index contributed by atoms with van der Waals surface area (Å²) in [5, 5.41) is 9.09. The predicted molar refractivity (Wildman–Crippen MR) is 82.5 cm³/mol. The summed E-state index contributed by atoms with van der Waals surface area (Å²) in [4.78, 5) is 12.8. The quantitative estimate of drug-likeness (QED) is 0.797. The van der Waals surface area contributed by atoms with E-state index in [2.05, 4.69) is 0 Å². The van der Waals surface area contributed by atoms with Gasteiger partial charge in [0.2, 0.25) is 0 Å². The van der Waals surface area contributed by atoms with Crippen LogP contribution in [-0.4, -0.2) is 24.7 Å². The van der Waals surface area contributed by atoms with Crippen molar-refractivity contribution in [3.63, 3.8) is 0 Å². The number of anilines is 2. The van der Waals surface area contributed by atoms with Gasteiger partial charge in [0.1, 0.15) is 12.3 Å². The van der Waals surface area contributed by atoms with E-state index in [0.717, 1.165) is 17.0 Å². The smallest absolute Gasteiger partial charge is 0.323 e. The molecule has 0 bridgehead atoms. The van der Waals surface area contributed by atoms with Gasteiger partial charge >= 0.3 is 5.97 Å². The predicted octanol–water partition coefficient (Wildman–Crippen LogP) is 2.37. The highest BCUT2D eigenvalue weighted by Gasteiger charge is 2.13. The normalized spacial score (nSPS) is 10.1. The van der Waals surface area contributed by atoms with Crippen LogP contribution in [0.15, 0.2) is 48.5 Å². The zero-order valence-corrected chi connectivity index (χ0v) is 11.8. The number of rotatable bonds is 6. The summed E-state index contributed by atoms with van der Waals surface area (Å²) in [6.45, 7) is 0.352. The molecule has 5 heteroatoms. The lowest BCUT2D eigenvalue weighted by Crippen LogP contribution is -2.29. The Morgan fingerprint density at radius 3 is 2.43 bits per heavy atom. The fourth-order valence-electron chi connectivity index (χ4n) is 2.12. The highest BCUT2D eigenvalue weighted by molar-refractivity contribution is 5.77. The number of hydrogen-bond acceptors (Lipinski definition) is 4. The Hall–Kier alpha value is -2.69. The van der Waals surface area contributed by atoms with E-state index in [0.29, 0.717) is 12.2 Å². The van der Waals surface area contributed by atoms with Gasteiger partial charge in [0.05, 0.1) is 18.5 Å². The molecule has 0 aromatic heterocycles. The summed E-state index contributed by atoms with van der Waals surface area (Å²) in [5.74, 6) is -0.130. The third kappa shape index (κ3) is 3.89. The number of nitrogens with two attached hydrogens (primary N) is 1. The lowest BCUT2D eigenvalue weighted by Gasteiger charge is -2.24. The van der Waals surface area contributed by atoms with E-state index in [1.807, 2.05) is 42.5 Å². The van der Waals surface area contributed by atoms with Gasteiger partial charge in [0, 0.05) is 6.54 Å². The third-order valence-electron chi connectivity index (χ3n) is 3.14. The maximum absolute atomic E-state index is 11.1. The highest BCUT2D eigenvalue weighted by Crippen LogP contribution is 2.24. The van der Waals surface area contributed by atoms with Gasteiger partial charge in [0.15, 0.2) is 0 Å². The summed E-state index contributed by atoms with van der Waals surface area (Å²) in [5.41, 5.74) is 8.21. The molecule has 0 saturated heterocycles. The van der Waals surface area contributed by atoms with Gasteiger partial charge in [0.25, 0.3) is 0 Å². The maximum atomic E-state index is 11.1. The van der Waals surface area contributed by atoms with Crippen molar-refractivity contribution in [2.24, 2.45) is 0 Å². The molecule has 0 aliphatic heterocycles. The third-order valence-corrected chi connectivity index (χ3v) is 3.14. The van der Waals surface area contributed by atoms with Crippen molar-refractivity contribution >= 4 is 17.3 Å². The van der Waals surface area contributed by atoms with Crippen LogP contribution in [0.1, 0.15) is 5.56 Å². The minimum Gasteiger partial charge on any atom is -0.497 e. The lowest BCUT2D eigenvalue weighted by molar-refractivity contribution is -0.135. The van der Waals surface area contributed by atoms with Crippen LogP contribution >= 0.6 is 0 Å². The Morgan fingerprint density at radius 1 is 1.19 bits per heavy atom. The lowest BCUT2D eigenvalue weighted by atomic mass is 10.1. The zero-order chi connectivity index (χ0) is 15.2. The molecule has 0 amide bonds. The number of carbonyl (C=O) groups is 1. The van der Waals surface area contributed by atoms with E-state index >= 15 is 0 Å². The first-order valence-electron chi connectivity index (χ1n) is 6.54. The van der Waals surface area contributed by atoms with Gasteiger partial charge in [-0.2, -0.15) is 0 Å². The van der Waals surface area contributed by atoms with Gasteiger partial charge in [-0.1, -0.05) is 24.3 Å². The molecule has 0 atom stereocenters. The molecule has 5 nitrogen and oxygen atoms in total. The van der Waals surface area contributed by atoms with Crippen LogP contribution in [0.25, 0.3) is 0 Å². The Balaban J connectivity index is 2.23. The minimum absolute atomic E-state index is 0.111. The molecule has 0 fully saturated rings. The summed E-state index contributed by atoms with van der Waals surface area (Å²) >= 11 is 0. The zero-order valence-electron chi connectivity index (χ0n) is 11.8. The van der Waals surface area contributed by atoms with E-state index in [9.17, 15) is 4.79 Å². The highest BCUT2D eigenvalue weighted by atomic mass is 16.5. The molecule has 2 aromatic rings. The molecule has 110 valence electrons. The van der Waals surface area contributed by atoms with Crippen molar-refractivity contribution in [2.45, 2.75) is 6.54 Å². The van der Waals surface area contributed by atoms with Gasteiger partial charge in [-0.15, -0.1) is 0 Å². The van der Waals surface area contributed by atoms with Crippen LogP contribution < -0.4 is 15.4 Å². The van der Waals surface area contributed by atoms with Crippen molar-refractivity contribution in [1.29, 1.82) is 0 Å². The van der Waals surface area contributed by atoms with Crippen LogP contribution in [0.3, 0.4) is 0 Å². The number of benzene rings is 2. The Bertz CT molecular complexity index is 611. The van der Waals surface area contributed by atoms with Crippen molar-refractivity contribution in [2.75, 3.05) is 24.3 Å². The molecule has 0 aliphatic rings. The fraction of sp³-hybridized carbons (Fsp3) is 0.188. The second-order valence-electron chi connectivity index (χ2n) is 4.66. The molecule has 0 heterocycles. The van der Waals surface area contributed by atoms with Gasteiger partial charge in [-0.05, 0) is 29.8 Å².